The minimum Gasteiger partial charge on any atom is -0.463 e. The molecule has 5 heteroatoms. The molecule has 1 aliphatic carbocycles. The summed E-state index contributed by atoms with van der Waals surface area (Å²) < 4.78 is 10.1. The lowest BCUT2D eigenvalue weighted by Gasteiger charge is -2.20. The van der Waals surface area contributed by atoms with E-state index >= 15 is 0 Å². The molecule has 1 atom stereocenters. The van der Waals surface area contributed by atoms with Gasteiger partial charge in [0, 0.05) is 12.2 Å². The molecule has 0 N–H and O–H groups in total. The van der Waals surface area contributed by atoms with Gasteiger partial charge in [-0.3, -0.25) is 0 Å². The SMILES string of the molecule is CCOC(=O)/C=C\C(=O)O[C@H]1C=C(/C=C/[Si](C)(C)C)CCC1. The molecule has 0 saturated carbocycles. The van der Waals surface area contributed by atoms with Crippen molar-refractivity contribution >= 4 is 20.0 Å². The van der Waals surface area contributed by atoms with Crippen LogP contribution >= 0.6 is 0 Å². The molecule has 122 valence electrons. The van der Waals surface area contributed by atoms with Crippen LogP contribution in [0.3, 0.4) is 0 Å². The van der Waals surface area contributed by atoms with Gasteiger partial charge in [-0.15, -0.1) is 0 Å². The summed E-state index contributed by atoms with van der Waals surface area (Å²) in [6, 6.07) is 0. The summed E-state index contributed by atoms with van der Waals surface area (Å²) in [5.74, 6) is -1.04. The monoisotopic (exact) mass is 322 g/mol. The lowest BCUT2D eigenvalue weighted by molar-refractivity contribution is -0.142. The van der Waals surface area contributed by atoms with Gasteiger partial charge in [0.05, 0.1) is 14.7 Å². The van der Waals surface area contributed by atoms with Gasteiger partial charge in [-0.25, -0.2) is 9.59 Å². The van der Waals surface area contributed by atoms with Crippen LogP contribution in [0.15, 0.2) is 35.6 Å². The highest BCUT2D eigenvalue weighted by Crippen LogP contribution is 2.22. The number of rotatable bonds is 6. The van der Waals surface area contributed by atoms with Crippen molar-refractivity contribution < 1.29 is 19.1 Å². The van der Waals surface area contributed by atoms with Crippen LogP contribution in [-0.4, -0.2) is 32.7 Å². The van der Waals surface area contributed by atoms with Gasteiger partial charge in [0.15, 0.2) is 0 Å². The predicted octanol–water partition coefficient (Wildman–Crippen LogP) is 3.56. The van der Waals surface area contributed by atoms with Gasteiger partial charge in [-0.05, 0) is 37.8 Å². The Labute approximate surface area is 133 Å². The Morgan fingerprint density at radius 3 is 2.59 bits per heavy atom. The molecular formula is C17H26O4Si. The second-order valence-electron chi connectivity index (χ2n) is 6.39. The lowest BCUT2D eigenvalue weighted by atomic mass is 9.97. The topological polar surface area (TPSA) is 52.6 Å². The number of ether oxygens (including phenoxy) is 2. The van der Waals surface area contributed by atoms with Crippen molar-refractivity contribution in [3.63, 3.8) is 0 Å². The molecule has 0 heterocycles. The molecule has 0 aromatic carbocycles. The maximum Gasteiger partial charge on any atom is 0.331 e. The van der Waals surface area contributed by atoms with Gasteiger partial charge >= 0.3 is 11.9 Å². The number of hydrogen-bond donors (Lipinski definition) is 0. The Balaban J connectivity index is 2.56. The normalized spacial score (nSPS) is 19.3. The van der Waals surface area contributed by atoms with Crippen LogP contribution < -0.4 is 0 Å². The van der Waals surface area contributed by atoms with Crippen molar-refractivity contribution in [2.45, 2.75) is 51.9 Å². The first-order valence-electron chi connectivity index (χ1n) is 7.75. The van der Waals surface area contributed by atoms with Crippen LogP contribution in [0, 0.1) is 0 Å². The van der Waals surface area contributed by atoms with Crippen LogP contribution in [-0.2, 0) is 19.1 Å². The fourth-order valence-corrected chi connectivity index (χ4v) is 2.73. The van der Waals surface area contributed by atoms with Crippen molar-refractivity contribution in [2.75, 3.05) is 6.61 Å². The van der Waals surface area contributed by atoms with Crippen LogP contribution in [0.1, 0.15) is 26.2 Å². The second kappa shape index (κ2) is 8.73. The van der Waals surface area contributed by atoms with E-state index in [2.05, 4.69) is 31.4 Å². The quantitative estimate of drug-likeness (QED) is 0.426. The van der Waals surface area contributed by atoms with Gasteiger partial charge in [0.25, 0.3) is 0 Å². The van der Waals surface area contributed by atoms with Crippen molar-refractivity contribution in [1.82, 2.24) is 0 Å². The third kappa shape index (κ3) is 7.98. The molecule has 0 aromatic rings. The van der Waals surface area contributed by atoms with Crippen LogP contribution in [0.4, 0.5) is 0 Å². The van der Waals surface area contributed by atoms with Gasteiger partial charge in [0.2, 0.25) is 0 Å². The maximum absolute atomic E-state index is 11.7. The van der Waals surface area contributed by atoms with Crippen LogP contribution in [0.5, 0.6) is 0 Å². The van der Waals surface area contributed by atoms with Crippen molar-refractivity contribution in [2.24, 2.45) is 0 Å². The van der Waals surface area contributed by atoms with Crippen molar-refractivity contribution in [1.29, 1.82) is 0 Å². The van der Waals surface area contributed by atoms with Gasteiger partial charge in [-0.2, -0.15) is 0 Å². The highest BCUT2D eigenvalue weighted by Gasteiger charge is 2.16. The Morgan fingerprint density at radius 2 is 1.95 bits per heavy atom. The number of carbonyl (C=O) groups is 2. The maximum atomic E-state index is 11.7. The third-order valence-electron chi connectivity index (χ3n) is 3.06. The molecule has 22 heavy (non-hydrogen) atoms. The van der Waals surface area contributed by atoms with E-state index in [0.29, 0.717) is 0 Å². The molecule has 0 aliphatic heterocycles. The second-order valence-corrected chi connectivity index (χ2v) is 11.5. The first-order valence-corrected chi connectivity index (χ1v) is 11.3. The Hall–Kier alpha value is -1.62. The lowest BCUT2D eigenvalue weighted by Crippen LogP contribution is -2.19. The van der Waals surface area contributed by atoms with E-state index in [9.17, 15) is 9.59 Å². The highest BCUT2D eigenvalue weighted by atomic mass is 28.3. The molecule has 0 unspecified atom stereocenters. The first-order chi connectivity index (χ1) is 10.3. The van der Waals surface area contributed by atoms with E-state index in [1.807, 2.05) is 6.08 Å². The van der Waals surface area contributed by atoms with E-state index in [4.69, 9.17) is 9.47 Å². The van der Waals surface area contributed by atoms with Crippen LogP contribution in [0.2, 0.25) is 19.6 Å². The van der Waals surface area contributed by atoms with E-state index in [-0.39, 0.29) is 12.7 Å². The van der Waals surface area contributed by atoms with Crippen molar-refractivity contribution in [3.8, 4) is 0 Å². The van der Waals surface area contributed by atoms with E-state index in [0.717, 1.165) is 31.4 Å². The smallest absolute Gasteiger partial charge is 0.331 e. The molecule has 0 saturated heterocycles. The molecule has 4 nitrogen and oxygen atoms in total. The zero-order valence-electron chi connectivity index (χ0n) is 13.9. The zero-order valence-corrected chi connectivity index (χ0v) is 14.9. The summed E-state index contributed by atoms with van der Waals surface area (Å²) in [6.45, 7) is 8.85. The fourth-order valence-electron chi connectivity index (χ4n) is 2.02. The number of carbonyl (C=O) groups excluding carboxylic acids is 2. The summed E-state index contributed by atoms with van der Waals surface area (Å²) in [5, 5.41) is 0. The average Bonchev–Trinajstić information content (AvgIpc) is 2.43. The number of hydrogen-bond acceptors (Lipinski definition) is 4. The molecule has 0 bridgehead atoms. The largest absolute Gasteiger partial charge is 0.463 e. The fraction of sp³-hybridized carbons (Fsp3) is 0.529. The molecule has 1 aliphatic rings. The molecule has 1 rings (SSSR count). The van der Waals surface area contributed by atoms with E-state index in [1.54, 1.807) is 6.92 Å². The molecular weight excluding hydrogens is 296 g/mol. The highest BCUT2D eigenvalue weighted by molar-refractivity contribution is 6.81. The first kappa shape index (κ1) is 18.4. The van der Waals surface area contributed by atoms with Gasteiger partial charge in [0.1, 0.15) is 6.10 Å². The van der Waals surface area contributed by atoms with Gasteiger partial charge in [-0.1, -0.05) is 31.4 Å². The Kier molecular flexibility index (Phi) is 7.31. The summed E-state index contributed by atoms with van der Waals surface area (Å²) >= 11 is 0. The van der Waals surface area contributed by atoms with E-state index < -0.39 is 20.0 Å². The Bertz CT molecular complexity index is 483. The average molecular weight is 322 g/mol. The summed E-state index contributed by atoms with van der Waals surface area (Å²) in [5.41, 5.74) is 3.52. The molecule has 0 fully saturated rings. The number of esters is 2. The van der Waals surface area contributed by atoms with Crippen molar-refractivity contribution in [3.05, 3.63) is 35.6 Å². The summed E-state index contributed by atoms with van der Waals surface area (Å²) in [4.78, 5) is 22.8. The Morgan fingerprint density at radius 1 is 1.27 bits per heavy atom. The summed E-state index contributed by atoms with van der Waals surface area (Å²) in [6.07, 6.45) is 9.03. The number of allylic oxidation sites excluding steroid dienone is 2. The minimum atomic E-state index is -1.22. The van der Waals surface area contributed by atoms with Gasteiger partial charge < -0.3 is 9.47 Å². The molecule has 0 aromatic heterocycles. The molecule has 0 spiro atoms. The van der Waals surface area contributed by atoms with Crippen LogP contribution in [0.25, 0.3) is 0 Å². The summed E-state index contributed by atoms with van der Waals surface area (Å²) in [7, 11) is -1.22. The molecule has 0 amide bonds. The third-order valence-corrected chi connectivity index (χ3v) is 4.23. The standard InChI is InChI=1S/C17H26O4Si/c1-5-20-16(18)9-10-17(19)21-15-8-6-7-14(13-15)11-12-22(2,3)4/h9-13,15H,5-8H2,1-4H3/b10-9-,12-11+/t15-/m1/s1. The van der Waals surface area contributed by atoms with E-state index in [1.165, 1.54) is 5.57 Å². The molecule has 0 radical (unpaired) electrons. The minimum absolute atomic E-state index is 0.214. The zero-order chi connectivity index (χ0) is 16.6. The predicted molar refractivity (Wildman–Crippen MR) is 90.1 cm³/mol.